The molecule has 6 nitrogen and oxygen atoms in total. The van der Waals surface area contributed by atoms with E-state index in [-0.39, 0.29) is 0 Å². The Morgan fingerprint density at radius 1 is 1.17 bits per heavy atom. The van der Waals surface area contributed by atoms with E-state index in [0.717, 1.165) is 18.2 Å². The van der Waals surface area contributed by atoms with E-state index in [1.165, 1.54) is 0 Å². The highest BCUT2D eigenvalue weighted by atomic mass is 35.5. The van der Waals surface area contributed by atoms with Crippen molar-refractivity contribution in [3.8, 4) is 0 Å². The van der Waals surface area contributed by atoms with Crippen LogP contribution in [0.3, 0.4) is 0 Å². The van der Waals surface area contributed by atoms with Crippen LogP contribution in [-0.4, -0.2) is 35.6 Å². The molecule has 8 heteroatoms. The number of aliphatic imine (C=N–C) groups is 1. The molecule has 0 saturated carbocycles. The summed E-state index contributed by atoms with van der Waals surface area (Å²) in [5.41, 5.74) is 0.921. The number of aromatic nitrogens is 2. The average molecular weight is 367 g/mol. The van der Waals surface area contributed by atoms with Gasteiger partial charge in [0.2, 0.25) is 0 Å². The molecule has 2 heterocycles. The molecule has 24 heavy (non-hydrogen) atoms. The molecule has 0 bridgehead atoms. The summed E-state index contributed by atoms with van der Waals surface area (Å²) in [7, 11) is 0. The Labute approximate surface area is 151 Å². The van der Waals surface area contributed by atoms with Gasteiger partial charge in [-0.25, -0.2) is 9.98 Å². The Hall–Kier alpha value is -2.05. The molecular weight excluding hydrogens is 347 g/mol. The molecule has 128 valence electrons. The van der Waals surface area contributed by atoms with E-state index in [1.807, 2.05) is 25.1 Å². The fourth-order valence-electron chi connectivity index (χ4n) is 1.90. The van der Waals surface area contributed by atoms with Crippen LogP contribution in [0.2, 0.25) is 10.0 Å². The number of rotatable bonds is 7. The zero-order chi connectivity index (χ0) is 17.2. The third-order valence-corrected chi connectivity index (χ3v) is 3.48. The highest BCUT2D eigenvalue weighted by Gasteiger charge is 2.02. The lowest BCUT2D eigenvalue weighted by Gasteiger charge is -2.12. The van der Waals surface area contributed by atoms with Gasteiger partial charge in [-0.1, -0.05) is 29.3 Å². The molecule has 2 aromatic heterocycles. The van der Waals surface area contributed by atoms with Crippen molar-refractivity contribution in [1.82, 2.24) is 20.6 Å². The molecule has 0 radical (unpaired) electrons. The fourth-order valence-corrected chi connectivity index (χ4v) is 2.35. The normalized spacial score (nSPS) is 11.2. The molecule has 0 saturated heterocycles. The van der Waals surface area contributed by atoms with Gasteiger partial charge < -0.3 is 16.0 Å². The van der Waals surface area contributed by atoms with Crippen molar-refractivity contribution in [2.24, 2.45) is 4.99 Å². The second-order valence-electron chi connectivity index (χ2n) is 4.85. The zero-order valence-corrected chi connectivity index (χ0v) is 14.9. The number of nitrogens with zero attached hydrogens (tertiary/aromatic N) is 3. The summed E-state index contributed by atoms with van der Waals surface area (Å²) in [6.07, 6.45) is 3.32. The topological polar surface area (TPSA) is 74.2 Å². The first-order valence-electron chi connectivity index (χ1n) is 7.66. The van der Waals surface area contributed by atoms with Crippen molar-refractivity contribution in [3.05, 3.63) is 52.4 Å². The van der Waals surface area contributed by atoms with Gasteiger partial charge in [0.15, 0.2) is 5.96 Å². The Morgan fingerprint density at radius 3 is 2.75 bits per heavy atom. The van der Waals surface area contributed by atoms with Gasteiger partial charge in [-0.3, -0.25) is 4.98 Å². The van der Waals surface area contributed by atoms with Crippen LogP contribution in [-0.2, 0) is 6.54 Å². The van der Waals surface area contributed by atoms with Gasteiger partial charge >= 0.3 is 0 Å². The molecule has 0 aliphatic heterocycles. The Balaban J connectivity index is 1.80. The highest BCUT2D eigenvalue weighted by molar-refractivity contribution is 6.35. The second kappa shape index (κ2) is 9.95. The van der Waals surface area contributed by atoms with Crippen molar-refractivity contribution >= 4 is 35.0 Å². The lowest BCUT2D eigenvalue weighted by atomic mass is 10.3. The molecule has 0 unspecified atom stereocenters. The molecule has 0 aliphatic carbocycles. The number of nitrogens with one attached hydrogen (secondary N) is 3. The van der Waals surface area contributed by atoms with Crippen LogP contribution in [0.15, 0.2) is 41.7 Å². The summed E-state index contributed by atoms with van der Waals surface area (Å²) in [5, 5.41) is 10.6. The van der Waals surface area contributed by atoms with Gasteiger partial charge in [-0.05, 0) is 25.1 Å². The minimum absolute atomic E-state index is 0.498. The van der Waals surface area contributed by atoms with Crippen LogP contribution in [0.4, 0.5) is 5.82 Å². The summed E-state index contributed by atoms with van der Waals surface area (Å²) >= 11 is 11.9. The quantitative estimate of drug-likeness (QED) is 0.399. The Bertz CT molecular complexity index is 663. The maximum absolute atomic E-state index is 6.07. The lowest BCUT2D eigenvalue weighted by molar-refractivity contribution is 0.814. The predicted molar refractivity (Wildman–Crippen MR) is 99.8 cm³/mol. The molecular formula is C16H20Cl2N6. The van der Waals surface area contributed by atoms with Crippen molar-refractivity contribution in [1.29, 1.82) is 0 Å². The number of anilines is 1. The van der Waals surface area contributed by atoms with Crippen LogP contribution in [0.5, 0.6) is 0 Å². The molecule has 2 aromatic rings. The van der Waals surface area contributed by atoms with Crippen LogP contribution in [0.25, 0.3) is 0 Å². The van der Waals surface area contributed by atoms with Crippen LogP contribution >= 0.6 is 23.2 Å². The summed E-state index contributed by atoms with van der Waals surface area (Å²) in [6.45, 7) is 4.63. The van der Waals surface area contributed by atoms with E-state index in [4.69, 9.17) is 23.2 Å². The van der Waals surface area contributed by atoms with Gasteiger partial charge in [0.05, 0.1) is 22.3 Å². The molecule has 0 aliphatic rings. The molecule has 0 atom stereocenters. The number of hydrogen-bond acceptors (Lipinski definition) is 4. The van der Waals surface area contributed by atoms with Gasteiger partial charge in [-0.2, -0.15) is 0 Å². The molecule has 0 fully saturated rings. The SMILES string of the molecule is CCNC(=NCc1ccccn1)NCCNc1ncc(Cl)cc1Cl. The molecule has 2 rings (SSSR count). The third-order valence-electron chi connectivity index (χ3n) is 2.99. The standard InChI is InChI=1S/C16H20Cl2N6/c1-2-19-16(24-11-13-5-3-4-6-20-13)22-8-7-21-15-14(18)9-12(17)10-23-15/h3-6,9-10H,2,7-8,11H2,1H3,(H,21,23)(H2,19,22,24). The first kappa shape index (κ1) is 18.3. The number of halogens is 2. The van der Waals surface area contributed by atoms with Crippen LogP contribution in [0, 0.1) is 0 Å². The van der Waals surface area contributed by atoms with Gasteiger partial charge in [0.25, 0.3) is 0 Å². The van der Waals surface area contributed by atoms with E-state index >= 15 is 0 Å². The largest absolute Gasteiger partial charge is 0.367 e. The van der Waals surface area contributed by atoms with Crippen molar-refractivity contribution in [2.45, 2.75) is 13.5 Å². The average Bonchev–Trinajstić information content (AvgIpc) is 2.59. The van der Waals surface area contributed by atoms with Crippen LogP contribution < -0.4 is 16.0 Å². The van der Waals surface area contributed by atoms with Crippen molar-refractivity contribution in [3.63, 3.8) is 0 Å². The van der Waals surface area contributed by atoms with Crippen LogP contribution in [0.1, 0.15) is 12.6 Å². The molecule has 0 amide bonds. The maximum Gasteiger partial charge on any atom is 0.191 e. The van der Waals surface area contributed by atoms with E-state index < -0.39 is 0 Å². The van der Waals surface area contributed by atoms with Gasteiger partial charge in [0.1, 0.15) is 5.82 Å². The fraction of sp³-hybridized carbons (Fsp3) is 0.312. The summed E-state index contributed by atoms with van der Waals surface area (Å²) in [6, 6.07) is 7.44. The predicted octanol–water partition coefficient (Wildman–Crippen LogP) is 2.95. The minimum atomic E-state index is 0.498. The first-order valence-corrected chi connectivity index (χ1v) is 8.41. The monoisotopic (exact) mass is 366 g/mol. The lowest BCUT2D eigenvalue weighted by Crippen LogP contribution is -2.39. The summed E-state index contributed by atoms with van der Waals surface area (Å²) in [4.78, 5) is 12.9. The van der Waals surface area contributed by atoms with E-state index in [9.17, 15) is 0 Å². The van der Waals surface area contributed by atoms with E-state index in [1.54, 1.807) is 18.5 Å². The van der Waals surface area contributed by atoms with Gasteiger partial charge in [-0.15, -0.1) is 0 Å². The minimum Gasteiger partial charge on any atom is -0.367 e. The zero-order valence-electron chi connectivity index (χ0n) is 13.4. The summed E-state index contributed by atoms with van der Waals surface area (Å²) < 4.78 is 0. The first-order chi connectivity index (χ1) is 11.7. The number of hydrogen-bond donors (Lipinski definition) is 3. The summed E-state index contributed by atoms with van der Waals surface area (Å²) in [5.74, 6) is 1.35. The maximum atomic E-state index is 6.07. The second-order valence-corrected chi connectivity index (χ2v) is 5.70. The van der Waals surface area contributed by atoms with E-state index in [0.29, 0.717) is 35.5 Å². The van der Waals surface area contributed by atoms with Crippen molar-refractivity contribution < 1.29 is 0 Å². The third kappa shape index (κ3) is 6.22. The Kier molecular flexibility index (Phi) is 7.58. The number of pyridine rings is 2. The Morgan fingerprint density at radius 2 is 2.04 bits per heavy atom. The smallest absolute Gasteiger partial charge is 0.191 e. The molecule has 3 N–H and O–H groups in total. The van der Waals surface area contributed by atoms with E-state index in [2.05, 4.69) is 30.9 Å². The van der Waals surface area contributed by atoms with Gasteiger partial charge in [0, 0.05) is 32.0 Å². The molecule has 0 spiro atoms. The molecule has 0 aromatic carbocycles. The highest BCUT2D eigenvalue weighted by Crippen LogP contribution is 2.21. The van der Waals surface area contributed by atoms with Crippen molar-refractivity contribution in [2.75, 3.05) is 25.0 Å². The number of guanidine groups is 1.